The molecule has 0 spiro atoms. The van der Waals surface area contributed by atoms with E-state index in [4.69, 9.17) is 16.3 Å². The zero-order valence-electron chi connectivity index (χ0n) is 17.5. The second kappa shape index (κ2) is 9.89. The molecule has 1 amide bonds. The molecule has 1 heterocycles. The molecular weight excluding hydrogens is 444 g/mol. The van der Waals surface area contributed by atoms with Gasteiger partial charge in [0, 0.05) is 10.7 Å². The molecule has 3 aromatic carbocycles. The Kier molecular flexibility index (Phi) is 6.78. The zero-order chi connectivity index (χ0) is 22.5. The summed E-state index contributed by atoms with van der Waals surface area (Å²) in [6.45, 7) is 1.84. The maximum absolute atomic E-state index is 12.8. The first-order valence-electron chi connectivity index (χ1n) is 9.94. The molecule has 0 bridgehead atoms. The van der Waals surface area contributed by atoms with E-state index < -0.39 is 5.25 Å². The van der Waals surface area contributed by atoms with Crippen LogP contribution < -0.4 is 10.1 Å². The van der Waals surface area contributed by atoms with Crippen LogP contribution in [-0.4, -0.2) is 33.0 Å². The number of hydrogen-bond acceptors (Lipinski definition) is 5. The van der Waals surface area contributed by atoms with Crippen LogP contribution in [0.5, 0.6) is 5.75 Å². The largest absolute Gasteiger partial charge is 0.496 e. The Hall–Kier alpha value is -3.29. The number of methoxy groups -OCH3 is 1. The maximum Gasteiger partial charge on any atom is 0.237 e. The topological polar surface area (TPSA) is 69.0 Å². The van der Waals surface area contributed by atoms with Crippen LogP contribution >= 0.6 is 23.4 Å². The molecule has 0 fully saturated rings. The second-order valence-corrected chi connectivity index (χ2v) is 8.68. The van der Waals surface area contributed by atoms with Gasteiger partial charge in [0.1, 0.15) is 5.75 Å². The third-order valence-electron chi connectivity index (χ3n) is 4.74. The van der Waals surface area contributed by atoms with E-state index in [0.29, 0.717) is 21.8 Å². The van der Waals surface area contributed by atoms with Crippen LogP contribution in [0, 0.1) is 0 Å². The van der Waals surface area contributed by atoms with Crippen LogP contribution in [-0.2, 0) is 4.79 Å². The summed E-state index contributed by atoms with van der Waals surface area (Å²) in [6, 6.07) is 24.4. The first-order chi connectivity index (χ1) is 15.6. The van der Waals surface area contributed by atoms with Gasteiger partial charge in [0.05, 0.1) is 23.6 Å². The number of anilines is 1. The number of benzene rings is 3. The highest BCUT2D eigenvalue weighted by Gasteiger charge is 2.23. The van der Waals surface area contributed by atoms with E-state index >= 15 is 0 Å². The summed E-state index contributed by atoms with van der Waals surface area (Å²) in [7, 11) is 1.62. The SMILES string of the molecule is COc1ccccc1-c1nnc(SC(C)C(=O)Nc2ccccc2)n1-c1cccc(Cl)c1. The predicted molar refractivity (Wildman–Crippen MR) is 129 cm³/mol. The number of nitrogens with zero attached hydrogens (tertiary/aromatic N) is 3. The van der Waals surface area contributed by atoms with E-state index in [1.807, 2.05) is 84.3 Å². The van der Waals surface area contributed by atoms with Gasteiger partial charge in [-0.1, -0.05) is 59.8 Å². The molecule has 162 valence electrons. The van der Waals surface area contributed by atoms with Crippen molar-refractivity contribution in [2.45, 2.75) is 17.3 Å². The van der Waals surface area contributed by atoms with Gasteiger partial charge in [0.25, 0.3) is 0 Å². The number of halogens is 1. The predicted octanol–water partition coefficient (Wildman–Crippen LogP) is 5.72. The lowest BCUT2D eigenvalue weighted by molar-refractivity contribution is -0.115. The first kappa shape index (κ1) is 21.9. The number of aromatic nitrogens is 3. The highest BCUT2D eigenvalue weighted by molar-refractivity contribution is 8.00. The molecule has 1 atom stereocenters. The quantitative estimate of drug-likeness (QED) is 0.354. The number of nitrogens with one attached hydrogen (secondary N) is 1. The fourth-order valence-electron chi connectivity index (χ4n) is 3.18. The lowest BCUT2D eigenvalue weighted by Crippen LogP contribution is -2.22. The van der Waals surface area contributed by atoms with Crippen LogP contribution in [0.25, 0.3) is 17.1 Å². The fourth-order valence-corrected chi connectivity index (χ4v) is 4.23. The number of carbonyl (C=O) groups excluding carboxylic acids is 1. The third kappa shape index (κ3) is 4.79. The molecule has 4 aromatic rings. The summed E-state index contributed by atoms with van der Waals surface area (Å²) in [4.78, 5) is 12.8. The fraction of sp³-hybridized carbons (Fsp3) is 0.125. The van der Waals surface area contributed by atoms with Crippen molar-refractivity contribution in [1.82, 2.24) is 14.8 Å². The lowest BCUT2D eigenvalue weighted by Gasteiger charge is -2.15. The molecule has 1 aromatic heterocycles. The molecule has 0 radical (unpaired) electrons. The van der Waals surface area contributed by atoms with E-state index in [1.165, 1.54) is 11.8 Å². The van der Waals surface area contributed by atoms with Gasteiger partial charge in [0.15, 0.2) is 11.0 Å². The Bertz CT molecular complexity index is 1230. The third-order valence-corrected chi connectivity index (χ3v) is 6.02. The van der Waals surface area contributed by atoms with Gasteiger partial charge in [0.2, 0.25) is 5.91 Å². The van der Waals surface area contributed by atoms with Crippen molar-refractivity contribution in [2.24, 2.45) is 0 Å². The maximum atomic E-state index is 12.8. The normalized spacial score (nSPS) is 11.7. The molecule has 6 nitrogen and oxygen atoms in total. The number of rotatable bonds is 7. The smallest absolute Gasteiger partial charge is 0.237 e. The molecular formula is C24H21ClN4O2S. The van der Waals surface area contributed by atoms with Crippen LogP contribution in [0.4, 0.5) is 5.69 Å². The van der Waals surface area contributed by atoms with Crippen molar-refractivity contribution in [3.8, 4) is 22.8 Å². The number of ether oxygens (including phenoxy) is 1. The number of carbonyl (C=O) groups is 1. The van der Waals surface area contributed by atoms with E-state index in [1.54, 1.807) is 13.2 Å². The second-order valence-electron chi connectivity index (χ2n) is 6.94. The standard InChI is InChI=1S/C24H21ClN4O2S/c1-16(23(30)26-18-10-4-3-5-11-18)32-24-28-27-22(20-13-6-7-14-21(20)31-2)29(24)19-12-8-9-17(25)15-19/h3-16H,1-2H3,(H,26,30). The van der Waals surface area contributed by atoms with Gasteiger partial charge >= 0.3 is 0 Å². The Morgan fingerprint density at radius 2 is 1.78 bits per heavy atom. The Morgan fingerprint density at radius 3 is 2.53 bits per heavy atom. The van der Waals surface area contributed by atoms with Gasteiger partial charge in [-0.05, 0) is 49.4 Å². The van der Waals surface area contributed by atoms with E-state index in [9.17, 15) is 4.79 Å². The van der Waals surface area contributed by atoms with Crippen LogP contribution in [0.2, 0.25) is 5.02 Å². The molecule has 0 saturated carbocycles. The molecule has 8 heteroatoms. The Labute approximate surface area is 195 Å². The number of para-hydroxylation sites is 2. The highest BCUT2D eigenvalue weighted by atomic mass is 35.5. The van der Waals surface area contributed by atoms with Gasteiger partial charge in [-0.2, -0.15) is 0 Å². The molecule has 0 saturated heterocycles. The van der Waals surface area contributed by atoms with Crippen LogP contribution in [0.3, 0.4) is 0 Å². The molecule has 0 aliphatic carbocycles. The average molecular weight is 465 g/mol. The van der Waals surface area contributed by atoms with Crippen molar-refractivity contribution in [1.29, 1.82) is 0 Å². The van der Waals surface area contributed by atoms with Gasteiger partial charge < -0.3 is 10.1 Å². The summed E-state index contributed by atoms with van der Waals surface area (Å²) in [5, 5.41) is 12.5. The number of hydrogen-bond donors (Lipinski definition) is 1. The summed E-state index contributed by atoms with van der Waals surface area (Å²) in [6.07, 6.45) is 0. The van der Waals surface area contributed by atoms with E-state index in [0.717, 1.165) is 16.9 Å². The summed E-state index contributed by atoms with van der Waals surface area (Å²) >= 11 is 7.59. The van der Waals surface area contributed by atoms with Crippen molar-refractivity contribution in [2.75, 3.05) is 12.4 Å². The molecule has 0 aliphatic rings. The minimum atomic E-state index is -0.414. The number of amides is 1. The van der Waals surface area contributed by atoms with Crippen LogP contribution in [0.1, 0.15) is 6.92 Å². The van der Waals surface area contributed by atoms with E-state index in [2.05, 4.69) is 15.5 Å². The Morgan fingerprint density at radius 1 is 1.03 bits per heavy atom. The molecule has 0 aliphatic heterocycles. The monoisotopic (exact) mass is 464 g/mol. The summed E-state index contributed by atoms with van der Waals surface area (Å²) in [5.41, 5.74) is 2.33. The van der Waals surface area contributed by atoms with Gasteiger partial charge in [-0.15, -0.1) is 10.2 Å². The van der Waals surface area contributed by atoms with Crippen molar-refractivity contribution in [3.63, 3.8) is 0 Å². The molecule has 1 N–H and O–H groups in total. The van der Waals surface area contributed by atoms with Gasteiger partial charge in [-0.25, -0.2) is 0 Å². The minimum Gasteiger partial charge on any atom is -0.496 e. The minimum absolute atomic E-state index is 0.124. The Balaban J connectivity index is 1.71. The lowest BCUT2D eigenvalue weighted by atomic mass is 10.2. The van der Waals surface area contributed by atoms with Crippen molar-refractivity contribution >= 4 is 35.0 Å². The van der Waals surface area contributed by atoms with Gasteiger partial charge in [-0.3, -0.25) is 9.36 Å². The average Bonchev–Trinajstić information content (AvgIpc) is 3.23. The zero-order valence-corrected chi connectivity index (χ0v) is 19.1. The molecule has 4 rings (SSSR count). The molecule has 32 heavy (non-hydrogen) atoms. The van der Waals surface area contributed by atoms with Crippen molar-refractivity contribution in [3.05, 3.63) is 83.9 Å². The van der Waals surface area contributed by atoms with Crippen molar-refractivity contribution < 1.29 is 9.53 Å². The first-order valence-corrected chi connectivity index (χ1v) is 11.2. The summed E-state index contributed by atoms with van der Waals surface area (Å²) < 4.78 is 7.42. The highest BCUT2D eigenvalue weighted by Crippen LogP contribution is 2.35. The molecule has 1 unspecified atom stereocenters. The number of thioether (sulfide) groups is 1. The van der Waals surface area contributed by atoms with E-state index in [-0.39, 0.29) is 5.91 Å². The summed E-state index contributed by atoms with van der Waals surface area (Å²) in [5.74, 6) is 1.15. The van der Waals surface area contributed by atoms with Crippen LogP contribution in [0.15, 0.2) is 84.0 Å².